The average Bonchev–Trinajstić information content (AvgIpc) is 2.68. The van der Waals surface area contributed by atoms with Gasteiger partial charge in [-0.2, -0.15) is 0 Å². The Morgan fingerprint density at radius 1 is 1.00 bits per heavy atom. The minimum atomic E-state index is 0.166. The van der Waals surface area contributed by atoms with Crippen LogP contribution in [0.5, 0.6) is 0 Å². The summed E-state index contributed by atoms with van der Waals surface area (Å²) in [4.78, 5) is 12.5. The van der Waals surface area contributed by atoms with Gasteiger partial charge in [0, 0.05) is 17.0 Å². The second kappa shape index (κ2) is 9.84. The molecule has 0 aliphatic heterocycles. The van der Waals surface area contributed by atoms with E-state index in [2.05, 4.69) is 28.1 Å². The molecule has 0 unspecified atom stereocenters. The summed E-state index contributed by atoms with van der Waals surface area (Å²) in [7, 11) is 0. The Morgan fingerprint density at radius 3 is 2.42 bits per heavy atom. The third-order valence-electron chi connectivity index (χ3n) is 5.05. The Hall–Kier alpha value is -1.71. The van der Waals surface area contributed by atoms with Gasteiger partial charge in [0.2, 0.25) is 0 Å². The number of ether oxygens (including phenoxy) is 1. The Kier molecular flexibility index (Phi) is 7.22. The van der Waals surface area contributed by atoms with Gasteiger partial charge in [-0.25, -0.2) is 0 Å². The number of carbonyl (C=O) groups is 1. The molecule has 0 heterocycles. The van der Waals surface area contributed by atoms with Crippen LogP contribution in [0.4, 0.5) is 0 Å². The van der Waals surface area contributed by atoms with Crippen LogP contribution in [0.25, 0.3) is 6.08 Å². The number of hydrogen-bond donors (Lipinski definition) is 0. The molecule has 0 bridgehead atoms. The molecule has 2 nitrogen and oxygen atoms in total. The molecule has 2 aromatic rings. The van der Waals surface area contributed by atoms with Crippen molar-refractivity contribution in [1.29, 1.82) is 0 Å². The van der Waals surface area contributed by atoms with E-state index in [4.69, 9.17) is 4.74 Å². The summed E-state index contributed by atoms with van der Waals surface area (Å²) in [5, 5.41) is 0. The first-order chi connectivity index (χ1) is 12.7. The summed E-state index contributed by atoms with van der Waals surface area (Å²) in [5.41, 5.74) is 2.26. The maximum Gasteiger partial charge on any atom is 0.158 e. The Labute approximate surface area is 164 Å². The smallest absolute Gasteiger partial charge is 0.158 e. The lowest BCUT2D eigenvalue weighted by Gasteiger charge is -2.26. The highest BCUT2D eigenvalue weighted by Gasteiger charge is 2.25. The second-order valence-electron chi connectivity index (χ2n) is 6.98. The van der Waals surface area contributed by atoms with Gasteiger partial charge in [0.05, 0.1) is 6.61 Å². The molecule has 0 saturated heterocycles. The molecule has 0 atom stereocenters. The van der Waals surface area contributed by atoms with Crippen LogP contribution in [0.1, 0.15) is 36.8 Å². The van der Waals surface area contributed by atoms with Crippen molar-refractivity contribution in [2.45, 2.75) is 32.3 Å². The van der Waals surface area contributed by atoms with Crippen molar-refractivity contribution in [2.24, 2.45) is 11.8 Å². The topological polar surface area (TPSA) is 26.3 Å². The Morgan fingerprint density at radius 2 is 1.69 bits per heavy atom. The van der Waals surface area contributed by atoms with Gasteiger partial charge >= 0.3 is 0 Å². The fourth-order valence-corrected chi connectivity index (χ4v) is 3.87. The molecule has 0 N–H and O–H groups in total. The first kappa shape index (κ1) is 19.1. The lowest BCUT2D eigenvalue weighted by molar-refractivity contribution is -0.119. The predicted molar refractivity (Wildman–Crippen MR) is 110 cm³/mol. The quantitative estimate of drug-likeness (QED) is 0.516. The molecule has 1 saturated carbocycles. The van der Waals surface area contributed by atoms with Crippen LogP contribution in [0.3, 0.4) is 0 Å². The third-order valence-corrected chi connectivity index (χ3v) is 5.77. The summed E-state index contributed by atoms with van der Waals surface area (Å²) >= 11 is 3.51. The molecule has 0 amide bonds. The van der Waals surface area contributed by atoms with E-state index < -0.39 is 0 Å². The van der Waals surface area contributed by atoms with Gasteiger partial charge in [-0.1, -0.05) is 70.5 Å². The van der Waals surface area contributed by atoms with Gasteiger partial charge in [-0.3, -0.25) is 4.79 Å². The molecular weight excluding hydrogens is 388 g/mol. The molecule has 0 radical (unpaired) electrons. The zero-order valence-electron chi connectivity index (χ0n) is 14.9. The van der Waals surface area contributed by atoms with Gasteiger partial charge in [0.15, 0.2) is 5.78 Å². The first-order valence-electron chi connectivity index (χ1n) is 9.30. The Balaban J connectivity index is 1.40. The van der Waals surface area contributed by atoms with Crippen molar-refractivity contribution in [2.75, 3.05) is 6.61 Å². The van der Waals surface area contributed by atoms with Crippen LogP contribution in [0, 0.1) is 11.8 Å². The molecule has 3 rings (SSSR count). The Bertz CT molecular complexity index is 731. The number of rotatable bonds is 7. The summed E-state index contributed by atoms with van der Waals surface area (Å²) < 4.78 is 6.89. The van der Waals surface area contributed by atoms with Gasteiger partial charge in [-0.05, 0) is 54.9 Å². The van der Waals surface area contributed by atoms with Crippen LogP contribution in [-0.2, 0) is 16.1 Å². The maximum atomic E-state index is 12.5. The van der Waals surface area contributed by atoms with Crippen LogP contribution >= 0.6 is 15.9 Å². The third kappa shape index (κ3) is 5.65. The highest BCUT2D eigenvalue weighted by atomic mass is 79.9. The largest absolute Gasteiger partial charge is 0.376 e. The number of hydrogen-bond acceptors (Lipinski definition) is 2. The highest BCUT2D eigenvalue weighted by molar-refractivity contribution is 9.10. The fourth-order valence-electron chi connectivity index (χ4n) is 3.45. The fraction of sp³-hybridized carbons (Fsp3) is 0.348. The molecule has 1 aliphatic carbocycles. The predicted octanol–water partition coefficient (Wildman–Crippen LogP) is 6.05. The first-order valence-corrected chi connectivity index (χ1v) is 10.1. The van der Waals surface area contributed by atoms with Crippen molar-refractivity contribution >= 4 is 27.8 Å². The van der Waals surface area contributed by atoms with E-state index in [1.54, 1.807) is 6.08 Å². The zero-order valence-corrected chi connectivity index (χ0v) is 16.5. The lowest BCUT2D eigenvalue weighted by atomic mass is 9.80. The van der Waals surface area contributed by atoms with Crippen molar-refractivity contribution in [1.82, 2.24) is 0 Å². The van der Waals surface area contributed by atoms with Gasteiger partial charge < -0.3 is 4.74 Å². The monoisotopic (exact) mass is 412 g/mol. The molecule has 26 heavy (non-hydrogen) atoms. The van der Waals surface area contributed by atoms with Crippen LogP contribution < -0.4 is 0 Å². The SMILES string of the molecule is O=C(/C=C/c1ccccc1Br)C1CCC(COCc2ccccc2)CC1. The second-order valence-corrected chi connectivity index (χ2v) is 7.83. The molecule has 1 fully saturated rings. The summed E-state index contributed by atoms with van der Waals surface area (Å²) in [6.45, 7) is 1.47. The number of halogens is 1. The van der Waals surface area contributed by atoms with Crippen LogP contribution in [0.15, 0.2) is 65.1 Å². The summed E-state index contributed by atoms with van der Waals surface area (Å²) in [6, 6.07) is 18.2. The van der Waals surface area contributed by atoms with Gasteiger partial charge in [0.25, 0.3) is 0 Å². The number of benzene rings is 2. The minimum Gasteiger partial charge on any atom is -0.376 e. The van der Waals surface area contributed by atoms with Gasteiger partial charge in [-0.15, -0.1) is 0 Å². The minimum absolute atomic E-state index is 0.166. The molecule has 136 valence electrons. The number of allylic oxidation sites excluding steroid dienone is 1. The van der Waals surface area contributed by atoms with E-state index in [1.165, 1.54) is 5.56 Å². The molecule has 2 aromatic carbocycles. The highest BCUT2D eigenvalue weighted by Crippen LogP contribution is 2.30. The molecular formula is C23H25BrO2. The van der Waals surface area contributed by atoms with E-state index in [0.29, 0.717) is 12.5 Å². The number of ketones is 1. The van der Waals surface area contributed by atoms with E-state index in [9.17, 15) is 4.79 Å². The van der Waals surface area contributed by atoms with Gasteiger partial charge in [0.1, 0.15) is 0 Å². The molecule has 1 aliphatic rings. The van der Waals surface area contributed by atoms with Crippen molar-refractivity contribution < 1.29 is 9.53 Å². The van der Waals surface area contributed by atoms with E-state index in [0.717, 1.165) is 42.3 Å². The van der Waals surface area contributed by atoms with Crippen molar-refractivity contribution in [3.8, 4) is 0 Å². The van der Waals surface area contributed by atoms with E-state index in [1.807, 2.05) is 48.5 Å². The normalized spacial score (nSPS) is 20.3. The van der Waals surface area contributed by atoms with Crippen LogP contribution in [0.2, 0.25) is 0 Å². The molecule has 0 spiro atoms. The average molecular weight is 413 g/mol. The summed E-state index contributed by atoms with van der Waals surface area (Å²) in [5.74, 6) is 0.999. The molecule has 0 aromatic heterocycles. The molecule has 3 heteroatoms. The standard InChI is InChI=1S/C23H25BrO2/c24-22-9-5-4-8-20(22)14-15-23(25)21-12-10-19(11-13-21)17-26-16-18-6-2-1-3-7-18/h1-9,14-15,19,21H,10-13,16-17H2/b15-14+. The van der Waals surface area contributed by atoms with Crippen molar-refractivity contribution in [3.63, 3.8) is 0 Å². The lowest BCUT2D eigenvalue weighted by Crippen LogP contribution is -2.23. The van der Waals surface area contributed by atoms with Crippen LogP contribution in [-0.4, -0.2) is 12.4 Å². The zero-order chi connectivity index (χ0) is 18.2. The summed E-state index contributed by atoms with van der Waals surface area (Å²) in [6.07, 6.45) is 7.76. The van der Waals surface area contributed by atoms with E-state index >= 15 is 0 Å². The van der Waals surface area contributed by atoms with E-state index in [-0.39, 0.29) is 11.7 Å². The number of carbonyl (C=O) groups excluding carboxylic acids is 1. The maximum absolute atomic E-state index is 12.5. The van der Waals surface area contributed by atoms with Crippen molar-refractivity contribution in [3.05, 3.63) is 76.3 Å².